The fourth-order valence-electron chi connectivity index (χ4n) is 0.919. The van der Waals surface area contributed by atoms with Gasteiger partial charge in [0.05, 0.1) is 12.2 Å². The van der Waals surface area contributed by atoms with Gasteiger partial charge in [0.1, 0.15) is 0 Å². The molecule has 0 aromatic carbocycles. The third-order valence-corrected chi connectivity index (χ3v) is 1.70. The van der Waals surface area contributed by atoms with E-state index in [4.69, 9.17) is 4.74 Å². The van der Waals surface area contributed by atoms with Gasteiger partial charge < -0.3 is 9.64 Å². The summed E-state index contributed by atoms with van der Waals surface area (Å²) in [7, 11) is 4.18. The molecule has 9 heavy (non-hydrogen) atoms. The summed E-state index contributed by atoms with van der Waals surface area (Å²) in [6, 6.07) is 0. The molecule has 0 aromatic heterocycles. The van der Waals surface area contributed by atoms with E-state index in [1.54, 1.807) is 0 Å². The van der Waals surface area contributed by atoms with Crippen LogP contribution in [-0.2, 0) is 4.74 Å². The monoisotopic (exact) mass is 129 g/mol. The van der Waals surface area contributed by atoms with Gasteiger partial charge in [-0.2, -0.15) is 0 Å². The predicted molar refractivity (Wildman–Crippen MR) is 37.5 cm³/mol. The zero-order valence-corrected chi connectivity index (χ0v) is 6.42. The van der Waals surface area contributed by atoms with Crippen molar-refractivity contribution < 1.29 is 4.74 Å². The topological polar surface area (TPSA) is 15.8 Å². The van der Waals surface area contributed by atoms with Crippen LogP contribution in [0.1, 0.15) is 13.3 Å². The standard InChI is InChI=1S/C7H15NO/c1-6-7(9-6)4-5-8(2)3/h6-7H,4-5H2,1-3H3. The Morgan fingerprint density at radius 1 is 1.44 bits per heavy atom. The van der Waals surface area contributed by atoms with Gasteiger partial charge in [0.15, 0.2) is 0 Å². The van der Waals surface area contributed by atoms with Crippen LogP contribution in [-0.4, -0.2) is 37.7 Å². The number of ether oxygens (including phenoxy) is 1. The lowest BCUT2D eigenvalue weighted by Crippen LogP contribution is -2.14. The van der Waals surface area contributed by atoms with Crippen LogP contribution in [0.5, 0.6) is 0 Å². The summed E-state index contributed by atoms with van der Waals surface area (Å²) in [5.41, 5.74) is 0. The fraction of sp³-hybridized carbons (Fsp3) is 1.00. The van der Waals surface area contributed by atoms with Crippen LogP contribution in [0.3, 0.4) is 0 Å². The van der Waals surface area contributed by atoms with E-state index in [0.29, 0.717) is 12.2 Å². The molecule has 0 N–H and O–H groups in total. The van der Waals surface area contributed by atoms with E-state index in [1.807, 2.05) is 0 Å². The first-order valence-electron chi connectivity index (χ1n) is 3.50. The molecule has 0 bridgehead atoms. The second kappa shape index (κ2) is 2.67. The summed E-state index contributed by atoms with van der Waals surface area (Å²) in [4.78, 5) is 2.19. The smallest absolute Gasteiger partial charge is 0.0851 e. The molecular weight excluding hydrogens is 114 g/mol. The molecular formula is C7H15NO. The summed E-state index contributed by atoms with van der Waals surface area (Å²) in [5, 5.41) is 0. The zero-order chi connectivity index (χ0) is 6.85. The van der Waals surface area contributed by atoms with Crippen molar-refractivity contribution in [2.75, 3.05) is 20.6 Å². The molecule has 1 heterocycles. The van der Waals surface area contributed by atoms with Gasteiger partial charge in [0.25, 0.3) is 0 Å². The number of hydrogen-bond acceptors (Lipinski definition) is 2. The molecule has 0 radical (unpaired) electrons. The Labute approximate surface area is 56.8 Å². The molecule has 1 aliphatic heterocycles. The maximum absolute atomic E-state index is 5.24. The largest absolute Gasteiger partial charge is 0.370 e. The van der Waals surface area contributed by atoms with Crippen LogP contribution in [0.4, 0.5) is 0 Å². The molecule has 54 valence electrons. The van der Waals surface area contributed by atoms with Crippen LogP contribution in [0.2, 0.25) is 0 Å². The molecule has 0 spiro atoms. The lowest BCUT2D eigenvalue weighted by atomic mass is 10.2. The lowest BCUT2D eigenvalue weighted by molar-refractivity contribution is 0.333. The highest BCUT2D eigenvalue weighted by Gasteiger charge is 2.33. The SMILES string of the molecule is CC1OC1CCN(C)C. The van der Waals surface area contributed by atoms with Crippen molar-refractivity contribution in [1.29, 1.82) is 0 Å². The van der Waals surface area contributed by atoms with Gasteiger partial charge in [-0.05, 0) is 27.4 Å². The van der Waals surface area contributed by atoms with E-state index < -0.39 is 0 Å². The molecule has 2 unspecified atom stereocenters. The molecule has 2 nitrogen and oxygen atoms in total. The number of hydrogen-bond donors (Lipinski definition) is 0. The van der Waals surface area contributed by atoms with Gasteiger partial charge in [0.2, 0.25) is 0 Å². The fourth-order valence-corrected chi connectivity index (χ4v) is 0.919. The summed E-state index contributed by atoms with van der Waals surface area (Å²) in [6.45, 7) is 3.27. The van der Waals surface area contributed by atoms with Gasteiger partial charge in [0, 0.05) is 6.54 Å². The minimum absolute atomic E-state index is 0.532. The first kappa shape index (κ1) is 7.03. The van der Waals surface area contributed by atoms with Crippen molar-refractivity contribution in [2.45, 2.75) is 25.6 Å². The zero-order valence-electron chi connectivity index (χ0n) is 6.42. The Hall–Kier alpha value is -0.0800. The summed E-state index contributed by atoms with van der Waals surface area (Å²) < 4.78 is 5.24. The second-order valence-electron chi connectivity index (χ2n) is 2.97. The summed E-state index contributed by atoms with van der Waals surface area (Å²) in [6.07, 6.45) is 2.28. The molecule has 1 saturated heterocycles. The molecule has 0 amide bonds. The highest BCUT2D eigenvalue weighted by molar-refractivity contribution is 4.80. The van der Waals surface area contributed by atoms with Gasteiger partial charge in [-0.25, -0.2) is 0 Å². The first-order valence-corrected chi connectivity index (χ1v) is 3.50. The number of epoxide rings is 1. The highest BCUT2D eigenvalue weighted by atomic mass is 16.6. The van der Waals surface area contributed by atoms with E-state index in [2.05, 4.69) is 25.9 Å². The number of rotatable bonds is 3. The van der Waals surface area contributed by atoms with Crippen molar-refractivity contribution in [3.63, 3.8) is 0 Å². The Morgan fingerprint density at radius 3 is 2.33 bits per heavy atom. The maximum Gasteiger partial charge on any atom is 0.0851 e. The third kappa shape index (κ3) is 2.33. The Kier molecular flexibility index (Phi) is 2.09. The molecule has 1 aliphatic rings. The first-order chi connectivity index (χ1) is 4.20. The van der Waals surface area contributed by atoms with Crippen LogP contribution < -0.4 is 0 Å². The Bertz CT molecular complexity index is 92.9. The van der Waals surface area contributed by atoms with Gasteiger partial charge in [-0.15, -0.1) is 0 Å². The molecule has 2 heteroatoms. The van der Waals surface area contributed by atoms with Crippen LogP contribution in [0.25, 0.3) is 0 Å². The van der Waals surface area contributed by atoms with Crippen molar-refractivity contribution in [2.24, 2.45) is 0 Å². The van der Waals surface area contributed by atoms with Crippen LogP contribution in [0.15, 0.2) is 0 Å². The van der Waals surface area contributed by atoms with Gasteiger partial charge in [-0.1, -0.05) is 0 Å². The molecule has 0 saturated carbocycles. The molecule has 1 fully saturated rings. The van der Waals surface area contributed by atoms with E-state index in [1.165, 1.54) is 6.42 Å². The van der Waals surface area contributed by atoms with Crippen molar-refractivity contribution in [3.8, 4) is 0 Å². The highest BCUT2D eigenvalue weighted by Crippen LogP contribution is 2.23. The molecule has 0 aromatic rings. The van der Waals surface area contributed by atoms with Gasteiger partial charge >= 0.3 is 0 Å². The van der Waals surface area contributed by atoms with E-state index in [0.717, 1.165) is 6.54 Å². The average molecular weight is 129 g/mol. The average Bonchev–Trinajstić information content (AvgIpc) is 2.42. The maximum atomic E-state index is 5.24. The van der Waals surface area contributed by atoms with Crippen molar-refractivity contribution in [3.05, 3.63) is 0 Å². The lowest BCUT2D eigenvalue weighted by Gasteiger charge is -2.06. The van der Waals surface area contributed by atoms with E-state index in [-0.39, 0.29) is 0 Å². The van der Waals surface area contributed by atoms with Crippen LogP contribution >= 0.6 is 0 Å². The Morgan fingerprint density at radius 2 is 2.00 bits per heavy atom. The van der Waals surface area contributed by atoms with Crippen molar-refractivity contribution >= 4 is 0 Å². The molecule has 1 rings (SSSR count). The number of nitrogens with zero attached hydrogens (tertiary/aromatic N) is 1. The molecule has 0 aliphatic carbocycles. The normalized spacial score (nSPS) is 33.3. The van der Waals surface area contributed by atoms with E-state index >= 15 is 0 Å². The van der Waals surface area contributed by atoms with E-state index in [9.17, 15) is 0 Å². The predicted octanol–water partition coefficient (Wildman–Crippen LogP) is 0.725. The van der Waals surface area contributed by atoms with Crippen molar-refractivity contribution in [1.82, 2.24) is 4.90 Å². The van der Waals surface area contributed by atoms with Gasteiger partial charge in [-0.3, -0.25) is 0 Å². The third-order valence-electron chi connectivity index (χ3n) is 1.70. The Balaban J connectivity index is 1.94. The summed E-state index contributed by atoms with van der Waals surface area (Å²) >= 11 is 0. The minimum Gasteiger partial charge on any atom is -0.370 e. The summed E-state index contributed by atoms with van der Waals surface area (Å²) in [5.74, 6) is 0. The second-order valence-corrected chi connectivity index (χ2v) is 2.97. The quantitative estimate of drug-likeness (QED) is 0.522. The molecule has 2 atom stereocenters. The minimum atomic E-state index is 0.532. The van der Waals surface area contributed by atoms with Crippen LogP contribution in [0, 0.1) is 0 Å².